The zero-order chi connectivity index (χ0) is 20.4. The van der Waals surface area contributed by atoms with Crippen molar-refractivity contribution in [2.75, 3.05) is 23.3 Å². The highest BCUT2D eigenvalue weighted by atomic mass is 35.5. The van der Waals surface area contributed by atoms with E-state index in [0.29, 0.717) is 0 Å². The van der Waals surface area contributed by atoms with Crippen LogP contribution >= 0.6 is 22.9 Å². The molecule has 2 aromatic heterocycles. The number of halogens is 1. The van der Waals surface area contributed by atoms with E-state index in [1.165, 1.54) is 11.3 Å². The third-order valence-electron chi connectivity index (χ3n) is 5.12. The highest BCUT2D eigenvalue weighted by molar-refractivity contribution is 7.17. The van der Waals surface area contributed by atoms with Crippen LogP contribution in [0.2, 0.25) is 5.02 Å². The number of nitrogens with one attached hydrogen (secondary N) is 1. The highest BCUT2D eigenvalue weighted by Crippen LogP contribution is 2.38. The Morgan fingerprint density at radius 3 is 2.48 bits per heavy atom. The van der Waals surface area contributed by atoms with Crippen molar-refractivity contribution >= 4 is 50.3 Å². The van der Waals surface area contributed by atoms with E-state index in [0.717, 1.165) is 51.0 Å². The van der Waals surface area contributed by atoms with Crippen LogP contribution in [0.1, 0.15) is 19.4 Å². The Labute approximate surface area is 180 Å². The first-order valence-electron chi connectivity index (χ1n) is 9.71. The standard InChI is InChI=1S/C23H23ClN4S/c1-4-28(5-2)18-10-11-20(15(3)12-18)27-22-21-19(13-29-23(21)26-14-25-22)16-6-8-17(24)9-7-16/h6-14H,4-5H2,1-3H3,(H,25,26,27). The molecule has 29 heavy (non-hydrogen) atoms. The second-order valence-electron chi connectivity index (χ2n) is 6.86. The number of nitrogens with zero attached hydrogens (tertiary/aromatic N) is 3. The van der Waals surface area contributed by atoms with Crippen LogP contribution in [-0.2, 0) is 0 Å². The minimum Gasteiger partial charge on any atom is -0.372 e. The Bertz CT molecular complexity index is 1130. The molecule has 148 valence electrons. The van der Waals surface area contributed by atoms with Gasteiger partial charge in [-0.3, -0.25) is 0 Å². The van der Waals surface area contributed by atoms with Crippen LogP contribution in [0.4, 0.5) is 17.2 Å². The zero-order valence-corrected chi connectivity index (χ0v) is 18.3. The third-order valence-corrected chi connectivity index (χ3v) is 6.26. The van der Waals surface area contributed by atoms with Crippen LogP contribution in [0.25, 0.3) is 21.3 Å². The maximum Gasteiger partial charge on any atom is 0.143 e. The van der Waals surface area contributed by atoms with Crippen molar-refractivity contribution in [1.29, 1.82) is 0 Å². The van der Waals surface area contributed by atoms with E-state index in [1.54, 1.807) is 17.7 Å². The van der Waals surface area contributed by atoms with Crippen molar-refractivity contribution in [2.45, 2.75) is 20.8 Å². The molecule has 0 aliphatic heterocycles. The first kappa shape index (κ1) is 19.7. The Balaban J connectivity index is 1.73. The molecule has 0 aliphatic rings. The summed E-state index contributed by atoms with van der Waals surface area (Å²) < 4.78 is 0. The van der Waals surface area contributed by atoms with Crippen LogP contribution in [-0.4, -0.2) is 23.1 Å². The lowest BCUT2D eigenvalue weighted by Gasteiger charge is -2.22. The van der Waals surface area contributed by atoms with Gasteiger partial charge < -0.3 is 10.2 Å². The summed E-state index contributed by atoms with van der Waals surface area (Å²) in [5, 5.41) is 7.43. The predicted molar refractivity (Wildman–Crippen MR) is 126 cm³/mol. The summed E-state index contributed by atoms with van der Waals surface area (Å²) >= 11 is 7.69. The van der Waals surface area contributed by atoms with E-state index >= 15 is 0 Å². The van der Waals surface area contributed by atoms with Gasteiger partial charge >= 0.3 is 0 Å². The lowest BCUT2D eigenvalue weighted by molar-refractivity contribution is 0.866. The first-order valence-corrected chi connectivity index (χ1v) is 11.0. The van der Waals surface area contributed by atoms with Crippen LogP contribution < -0.4 is 10.2 Å². The monoisotopic (exact) mass is 422 g/mol. The van der Waals surface area contributed by atoms with Gasteiger partial charge in [0.05, 0.1) is 5.39 Å². The van der Waals surface area contributed by atoms with Crippen molar-refractivity contribution in [2.24, 2.45) is 0 Å². The summed E-state index contributed by atoms with van der Waals surface area (Å²) in [6.45, 7) is 8.47. The molecule has 4 aromatic rings. The molecular weight excluding hydrogens is 400 g/mol. The molecule has 0 amide bonds. The second-order valence-corrected chi connectivity index (χ2v) is 8.15. The van der Waals surface area contributed by atoms with E-state index in [-0.39, 0.29) is 0 Å². The maximum absolute atomic E-state index is 6.07. The number of hydrogen-bond donors (Lipinski definition) is 1. The molecule has 0 bridgehead atoms. The van der Waals surface area contributed by atoms with Gasteiger partial charge in [0.15, 0.2) is 0 Å². The average Bonchev–Trinajstić information content (AvgIpc) is 3.16. The molecule has 0 saturated carbocycles. The van der Waals surface area contributed by atoms with Gasteiger partial charge in [-0.15, -0.1) is 11.3 Å². The number of hydrogen-bond acceptors (Lipinski definition) is 5. The van der Waals surface area contributed by atoms with Gasteiger partial charge in [-0.2, -0.15) is 0 Å². The molecule has 2 aromatic carbocycles. The largest absolute Gasteiger partial charge is 0.372 e. The summed E-state index contributed by atoms with van der Waals surface area (Å²) in [5.74, 6) is 0.819. The average molecular weight is 423 g/mol. The summed E-state index contributed by atoms with van der Waals surface area (Å²) in [6, 6.07) is 14.4. The van der Waals surface area contributed by atoms with Crippen LogP contribution in [0.15, 0.2) is 54.2 Å². The summed E-state index contributed by atoms with van der Waals surface area (Å²) in [4.78, 5) is 12.3. The molecule has 2 heterocycles. The van der Waals surface area contributed by atoms with Crippen LogP contribution in [0.5, 0.6) is 0 Å². The fourth-order valence-corrected chi connectivity index (χ4v) is 4.55. The molecule has 1 N–H and O–H groups in total. The van der Waals surface area contributed by atoms with Gasteiger partial charge in [-0.25, -0.2) is 9.97 Å². The number of thiophene rings is 1. The van der Waals surface area contributed by atoms with E-state index in [1.807, 2.05) is 24.3 Å². The lowest BCUT2D eigenvalue weighted by atomic mass is 10.1. The van der Waals surface area contributed by atoms with Gasteiger partial charge in [0, 0.05) is 40.4 Å². The molecule has 0 radical (unpaired) electrons. The number of benzene rings is 2. The Morgan fingerprint density at radius 2 is 1.79 bits per heavy atom. The van der Waals surface area contributed by atoms with Crippen molar-refractivity contribution < 1.29 is 0 Å². The minimum absolute atomic E-state index is 0.729. The Morgan fingerprint density at radius 1 is 1.03 bits per heavy atom. The normalized spacial score (nSPS) is 11.0. The summed E-state index contributed by atoms with van der Waals surface area (Å²) in [6.07, 6.45) is 1.62. The highest BCUT2D eigenvalue weighted by Gasteiger charge is 2.14. The summed E-state index contributed by atoms with van der Waals surface area (Å²) in [7, 11) is 0. The first-order chi connectivity index (χ1) is 14.1. The van der Waals surface area contributed by atoms with E-state index in [4.69, 9.17) is 11.6 Å². The molecule has 0 atom stereocenters. The molecular formula is C23H23ClN4S. The van der Waals surface area contributed by atoms with Crippen molar-refractivity contribution in [3.05, 3.63) is 64.8 Å². The summed E-state index contributed by atoms with van der Waals surface area (Å²) in [5.41, 5.74) is 5.69. The van der Waals surface area contributed by atoms with Gasteiger partial charge in [-0.05, 0) is 62.2 Å². The molecule has 4 rings (SSSR count). The van der Waals surface area contributed by atoms with Crippen LogP contribution in [0, 0.1) is 6.92 Å². The molecule has 0 spiro atoms. The molecule has 0 unspecified atom stereocenters. The van der Waals surface area contributed by atoms with Crippen molar-refractivity contribution in [3.63, 3.8) is 0 Å². The lowest BCUT2D eigenvalue weighted by Crippen LogP contribution is -2.21. The van der Waals surface area contributed by atoms with E-state index in [2.05, 4.69) is 64.5 Å². The van der Waals surface area contributed by atoms with Gasteiger partial charge in [0.2, 0.25) is 0 Å². The number of anilines is 3. The minimum atomic E-state index is 0.729. The zero-order valence-electron chi connectivity index (χ0n) is 16.7. The smallest absolute Gasteiger partial charge is 0.143 e. The molecule has 4 nitrogen and oxygen atoms in total. The van der Waals surface area contributed by atoms with Crippen LogP contribution in [0.3, 0.4) is 0 Å². The fraction of sp³-hybridized carbons (Fsp3) is 0.217. The molecule has 6 heteroatoms. The topological polar surface area (TPSA) is 41.0 Å². The van der Waals surface area contributed by atoms with Crippen molar-refractivity contribution in [1.82, 2.24) is 9.97 Å². The van der Waals surface area contributed by atoms with Gasteiger partial charge in [-0.1, -0.05) is 23.7 Å². The van der Waals surface area contributed by atoms with Gasteiger partial charge in [0.1, 0.15) is 17.0 Å². The Hall–Kier alpha value is -2.63. The maximum atomic E-state index is 6.07. The predicted octanol–water partition coefficient (Wildman–Crippen LogP) is 6.91. The number of aromatic nitrogens is 2. The third kappa shape index (κ3) is 3.93. The molecule has 0 fully saturated rings. The number of rotatable bonds is 6. The molecule has 0 saturated heterocycles. The number of aryl methyl sites for hydroxylation is 1. The SMILES string of the molecule is CCN(CC)c1ccc(Nc2ncnc3scc(-c4ccc(Cl)cc4)c23)c(C)c1. The Kier molecular flexibility index (Phi) is 5.69. The quantitative estimate of drug-likeness (QED) is 0.366. The molecule has 0 aliphatic carbocycles. The fourth-order valence-electron chi connectivity index (χ4n) is 3.51. The van der Waals surface area contributed by atoms with E-state index in [9.17, 15) is 0 Å². The van der Waals surface area contributed by atoms with Gasteiger partial charge in [0.25, 0.3) is 0 Å². The number of fused-ring (bicyclic) bond motifs is 1. The van der Waals surface area contributed by atoms with Crippen molar-refractivity contribution in [3.8, 4) is 11.1 Å². The van der Waals surface area contributed by atoms with E-state index < -0.39 is 0 Å². The second kappa shape index (κ2) is 8.39.